The zero-order valence-corrected chi connectivity index (χ0v) is 14.3. The van der Waals surface area contributed by atoms with E-state index in [1.54, 1.807) is 23.1 Å². The van der Waals surface area contributed by atoms with E-state index in [1.807, 2.05) is 0 Å². The van der Waals surface area contributed by atoms with Crippen LogP contribution in [-0.2, 0) is 0 Å². The third-order valence-corrected chi connectivity index (χ3v) is 4.72. The fraction of sp³-hybridized carbons (Fsp3) is 0.294. The van der Waals surface area contributed by atoms with Gasteiger partial charge in [0.25, 0.3) is 5.91 Å². The van der Waals surface area contributed by atoms with Crippen molar-refractivity contribution in [2.24, 2.45) is 0 Å². The first-order valence-corrected chi connectivity index (χ1v) is 8.48. The van der Waals surface area contributed by atoms with Gasteiger partial charge in [0.05, 0.1) is 6.07 Å². The van der Waals surface area contributed by atoms with Crippen LogP contribution < -0.4 is 0 Å². The van der Waals surface area contributed by atoms with Gasteiger partial charge in [-0.2, -0.15) is 0 Å². The molecule has 1 aromatic carbocycles. The number of rotatable bonds is 3. The lowest BCUT2D eigenvalue weighted by atomic mass is 9.96. The normalized spacial score (nSPS) is 15.5. The number of hydrogen-bond donors (Lipinski definition) is 0. The number of halogens is 1. The molecule has 3 heterocycles. The smallest absolute Gasteiger partial charge is 0.433 e. The van der Waals surface area contributed by atoms with Crippen molar-refractivity contribution in [3.63, 3.8) is 0 Å². The lowest BCUT2D eigenvalue weighted by Crippen LogP contribution is -2.37. The van der Waals surface area contributed by atoms with E-state index in [9.17, 15) is 14.9 Å². The molecule has 1 saturated heterocycles. The second kappa shape index (κ2) is 6.45. The number of amides is 1. The van der Waals surface area contributed by atoms with E-state index >= 15 is 0 Å². The largest absolute Gasteiger partial charge is 0.440 e. The van der Waals surface area contributed by atoms with Crippen LogP contribution in [0.3, 0.4) is 0 Å². The molecule has 0 atom stereocenters. The fourth-order valence-electron chi connectivity index (χ4n) is 3.12. The molecule has 26 heavy (non-hydrogen) atoms. The Balaban J connectivity index is 1.44. The van der Waals surface area contributed by atoms with E-state index in [1.165, 1.54) is 12.1 Å². The number of furan rings is 1. The first-order chi connectivity index (χ1) is 12.5. The number of benzene rings is 1. The van der Waals surface area contributed by atoms with Crippen LogP contribution in [0.1, 0.15) is 35.2 Å². The van der Waals surface area contributed by atoms with Crippen molar-refractivity contribution in [1.29, 1.82) is 0 Å². The van der Waals surface area contributed by atoms with Crippen LogP contribution in [0.5, 0.6) is 0 Å². The van der Waals surface area contributed by atoms with E-state index in [4.69, 9.17) is 20.4 Å². The highest BCUT2D eigenvalue weighted by Gasteiger charge is 2.29. The maximum Gasteiger partial charge on any atom is 0.433 e. The minimum absolute atomic E-state index is 0.0216. The first kappa shape index (κ1) is 16.6. The Bertz CT molecular complexity index is 987. The molecular formula is C17H14ClN3O5. The molecule has 1 aliphatic heterocycles. The second-order valence-corrected chi connectivity index (χ2v) is 6.56. The summed E-state index contributed by atoms with van der Waals surface area (Å²) in [5.41, 5.74) is 1.40. The highest BCUT2D eigenvalue weighted by molar-refractivity contribution is 6.31. The third kappa shape index (κ3) is 3.03. The Morgan fingerprint density at radius 1 is 1.23 bits per heavy atom. The quantitative estimate of drug-likeness (QED) is 0.506. The van der Waals surface area contributed by atoms with Gasteiger partial charge in [-0.05, 0) is 37.1 Å². The van der Waals surface area contributed by atoms with Gasteiger partial charge in [0.1, 0.15) is 10.4 Å². The summed E-state index contributed by atoms with van der Waals surface area (Å²) in [4.78, 5) is 28.5. The summed E-state index contributed by atoms with van der Waals surface area (Å²) in [6.07, 6.45) is 1.38. The van der Waals surface area contributed by atoms with Crippen molar-refractivity contribution < 1.29 is 18.6 Å². The zero-order chi connectivity index (χ0) is 18.3. The van der Waals surface area contributed by atoms with E-state index in [0.717, 1.165) is 0 Å². The number of carbonyl (C=O) groups is 1. The summed E-state index contributed by atoms with van der Waals surface area (Å²) >= 11 is 5.97. The molecule has 3 aromatic rings. The number of hydrogen-bond acceptors (Lipinski definition) is 6. The van der Waals surface area contributed by atoms with Crippen LogP contribution in [0.25, 0.3) is 11.1 Å². The van der Waals surface area contributed by atoms with Crippen molar-refractivity contribution in [2.75, 3.05) is 13.1 Å². The van der Waals surface area contributed by atoms with Gasteiger partial charge in [-0.3, -0.25) is 14.9 Å². The Morgan fingerprint density at radius 3 is 2.69 bits per heavy atom. The molecule has 0 spiro atoms. The number of nitrogens with zero attached hydrogens (tertiary/aromatic N) is 3. The Labute approximate surface area is 152 Å². The molecule has 4 rings (SSSR count). The van der Waals surface area contributed by atoms with Gasteiger partial charge in [-0.1, -0.05) is 11.6 Å². The number of nitro groups is 1. The highest BCUT2D eigenvalue weighted by Crippen LogP contribution is 2.31. The number of carbonyl (C=O) groups excluding carboxylic acids is 1. The number of aromatic nitrogens is 1. The van der Waals surface area contributed by atoms with Crippen molar-refractivity contribution in [2.45, 2.75) is 18.8 Å². The van der Waals surface area contributed by atoms with Gasteiger partial charge >= 0.3 is 5.88 Å². The van der Waals surface area contributed by atoms with Crippen molar-refractivity contribution in [3.05, 3.63) is 57.1 Å². The Morgan fingerprint density at radius 2 is 2.00 bits per heavy atom. The summed E-state index contributed by atoms with van der Waals surface area (Å²) in [6.45, 7) is 0.995. The standard InChI is InChI=1S/C17H14ClN3O5/c18-11-1-2-13-12(9-11)19-16(26-13)10-5-7-20(8-6-10)17(22)14-3-4-15(25-14)21(23)24/h1-4,9-10H,5-8H2. The van der Waals surface area contributed by atoms with Crippen LogP contribution in [0, 0.1) is 10.1 Å². The third-order valence-electron chi connectivity index (χ3n) is 4.48. The van der Waals surface area contributed by atoms with Crippen LogP contribution in [0.2, 0.25) is 5.02 Å². The summed E-state index contributed by atoms with van der Waals surface area (Å²) in [6, 6.07) is 7.81. The maximum absolute atomic E-state index is 12.4. The van der Waals surface area contributed by atoms with Crippen LogP contribution in [0.4, 0.5) is 5.88 Å². The summed E-state index contributed by atoms with van der Waals surface area (Å²) < 4.78 is 10.8. The van der Waals surface area contributed by atoms with Gasteiger partial charge in [0.15, 0.2) is 17.2 Å². The van der Waals surface area contributed by atoms with E-state index in [0.29, 0.717) is 47.9 Å². The Kier molecular flexibility index (Phi) is 4.12. The molecule has 0 aliphatic carbocycles. The first-order valence-electron chi connectivity index (χ1n) is 8.11. The van der Waals surface area contributed by atoms with Crippen LogP contribution in [-0.4, -0.2) is 33.8 Å². The van der Waals surface area contributed by atoms with Crippen molar-refractivity contribution in [3.8, 4) is 0 Å². The molecule has 0 saturated carbocycles. The topological polar surface area (TPSA) is 103 Å². The average molecular weight is 376 g/mol. The predicted molar refractivity (Wildman–Crippen MR) is 92.3 cm³/mol. The predicted octanol–water partition coefficient (Wildman–Crippen LogP) is 4.00. The van der Waals surface area contributed by atoms with Crippen LogP contribution >= 0.6 is 11.6 Å². The van der Waals surface area contributed by atoms with E-state index in [-0.39, 0.29) is 17.6 Å². The van der Waals surface area contributed by atoms with Gasteiger partial charge in [-0.25, -0.2) is 4.98 Å². The lowest BCUT2D eigenvalue weighted by molar-refractivity contribution is -0.402. The second-order valence-electron chi connectivity index (χ2n) is 6.13. The SMILES string of the molecule is O=C(c1ccc([N+](=O)[O-])o1)N1CCC(c2nc3cc(Cl)ccc3o2)CC1. The average Bonchev–Trinajstić information content (AvgIpc) is 3.28. The molecular weight excluding hydrogens is 362 g/mol. The van der Waals surface area contributed by atoms with Crippen molar-refractivity contribution in [1.82, 2.24) is 9.88 Å². The molecule has 0 radical (unpaired) electrons. The monoisotopic (exact) mass is 375 g/mol. The lowest BCUT2D eigenvalue weighted by Gasteiger charge is -2.29. The van der Waals surface area contributed by atoms with Gasteiger partial charge in [0, 0.05) is 24.0 Å². The molecule has 1 amide bonds. The van der Waals surface area contributed by atoms with Crippen LogP contribution in [0.15, 0.2) is 39.2 Å². The molecule has 1 aliphatic rings. The zero-order valence-electron chi connectivity index (χ0n) is 13.6. The van der Waals surface area contributed by atoms with E-state index in [2.05, 4.69) is 4.98 Å². The number of fused-ring (bicyclic) bond motifs is 1. The van der Waals surface area contributed by atoms with Gasteiger partial charge < -0.3 is 13.7 Å². The summed E-state index contributed by atoms with van der Waals surface area (Å²) in [7, 11) is 0. The summed E-state index contributed by atoms with van der Waals surface area (Å²) in [5.74, 6) is -0.0555. The number of piperidine rings is 1. The molecule has 0 N–H and O–H groups in total. The molecule has 0 bridgehead atoms. The molecule has 2 aromatic heterocycles. The minimum atomic E-state index is -0.664. The van der Waals surface area contributed by atoms with Gasteiger partial charge in [0.2, 0.25) is 0 Å². The molecule has 1 fully saturated rings. The van der Waals surface area contributed by atoms with Gasteiger partial charge in [-0.15, -0.1) is 0 Å². The fourth-order valence-corrected chi connectivity index (χ4v) is 3.29. The highest BCUT2D eigenvalue weighted by atomic mass is 35.5. The van der Waals surface area contributed by atoms with E-state index < -0.39 is 10.8 Å². The molecule has 134 valence electrons. The minimum Gasteiger partial charge on any atom is -0.440 e. The molecule has 9 heteroatoms. The summed E-state index contributed by atoms with van der Waals surface area (Å²) in [5, 5.41) is 11.3. The van der Waals surface area contributed by atoms with Crippen molar-refractivity contribution >= 4 is 34.5 Å². The maximum atomic E-state index is 12.4. The molecule has 0 unspecified atom stereocenters. The Hall–Kier alpha value is -2.87. The number of likely N-dealkylation sites (tertiary alicyclic amines) is 1. The molecule has 8 nitrogen and oxygen atoms in total. The number of oxazole rings is 1.